The summed E-state index contributed by atoms with van der Waals surface area (Å²) in [5.74, 6) is 4.73. The van der Waals surface area contributed by atoms with E-state index in [0.717, 1.165) is 29.4 Å². The van der Waals surface area contributed by atoms with E-state index in [0.29, 0.717) is 5.41 Å². The van der Waals surface area contributed by atoms with Crippen LogP contribution in [0.5, 0.6) is 5.75 Å². The second-order valence-corrected chi connectivity index (χ2v) is 9.42. The summed E-state index contributed by atoms with van der Waals surface area (Å²) >= 11 is 0. The molecule has 2 saturated carbocycles. The Kier molecular flexibility index (Phi) is 3.97. The van der Waals surface area contributed by atoms with Crippen LogP contribution in [0.4, 0.5) is 0 Å². The molecule has 1 heteroatoms. The molecule has 1 aromatic rings. The molecule has 5 unspecified atom stereocenters. The smallest absolute Gasteiger partial charge is 0.122 e. The predicted octanol–water partition coefficient (Wildman–Crippen LogP) is 6.27. The van der Waals surface area contributed by atoms with Crippen molar-refractivity contribution in [2.45, 2.75) is 85.2 Å². The van der Waals surface area contributed by atoms with Crippen molar-refractivity contribution in [1.29, 1.82) is 0 Å². The van der Waals surface area contributed by atoms with E-state index in [4.69, 9.17) is 4.74 Å². The summed E-state index contributed by atoms with van der Waals surface area (Å²) in [4.78, 5) is 0. The Hall–Kier alpha value is -0.980. The van der Waals surface area contributed by atoms with Gasteiger partial charge in [0.2, 0.25) is 0 Å². The van der Waals surface area contributed by atoms with Gasteiger partial charge in [0.25, 0.3) is 0 Å². The van der Waals surface area contributed by atoms with Crippen LogP contribution in [-0.4, -0.2) is 6.10 Å². The third kappa shape index (κ3) is 2.42. The van der Waals surface area contributed by atoms with Crippen molar-refractivity contribution in [2.24, 2.45) is 23.2 Å². The topological polar surface area (TPSA) is 9.23 Å². The first-order valence-corrected chi connectivity index (χ1v) is 10.2. The van der Waals surface area contributed by atoms with Crippen LogP contribution in [0.25, 0.3) is 0 Å². The van der Waals surface area contributed by atoms with Gasteiger partial charge < -0.3 is 4.74 Å². The number of benzene rings is 1. The van der Waals surface area contributed by atoms with Crippen molar-refractivity contribution >= 4 is 0 Å². The maximum Gasteiger partial charge on any atom is 0.122 e. The van der Waals surface area contributed by atoms with E-state index >= 15 is 0 Å². The minimum Gasteiger partial charge on any atom is -0.491 e. The first-order chi connectivity index (χ1) is 11.4. The van der Waals surface area contributed by atoms with E-state index in [2.05, 4.69) is 46.8 Å². The molecule has 2 fully saturated rings. The van der Waals surface area contributed by atoms with Crippen LogP contribution >= 0.6 is 0 Å². The van der Waals surface area contributed by atoms with Crippen LogP contribution in [0.3, 0.4) is 0 Å². The summed E-state index contributed by atoms with van der Waals surface area (Å²) in [6.07, 6.45) is 8.68. The van der Waals surface area contributed by atoms with Gasteiger partial charge in [-0.15, -0.1) is 0 Å². The van der Waals surface area contributed by atoms with Crippen molar-refractivity contribution in [3.05, 3.63) is 28.8 Å². The van der Waals surface area contributed by atoms with Gasteiger partial charge in [-0.3, -0.25) is 0 Å². The molecule has 0 N–H and O–H groups in total. The molecular formula is C23H34O. The molecule has 132 valence electrons. The molecule has 1 nitrogen and oxygen atoms in total. The SMILES string of the molecule is Cc1cc2c(cc1OC(C)C)CCC1C2CCC2(C)C(C)CCC12. The highest BCUT2D eigenvalue weighted by Gasteiger charge is 2.53. The van der Waals surface area contributed by atoms with E-state index in [-0.39, 0.29) is 6.10 Å². The van der Waals surface area contributed by atoms with Gasteiger partial charge in [-0.25, -0.2) is 0 Å². The average molecular weight is 327 g/mol. The van der Waals surface area contributed by atoms with Crippen LogP contribution in [0.1, 0.15) is 82.4 Å². The molecule has 24 heavy (non-hydrogen) atoms. The molecule has 3 aliphatic rings. The summed E-state index contributed by atoms with van der Waals surface area (Å²) in [6, 6.07) is 4.84. The number of hydrogen-bond acceptors (Lipinski definition) is 1. The van der Waals surface area contributed by atoms with Crippen molar-refractivity contribution in [3.63, 3.8) is 0 Å². The maximum absolute atomic E-state index is 6.05. The van der Waals surface area contributed by atoms with E-state index in [1.54, 1.807) is 11.1 Å². The van der Waals surface area contributed by atoms with E-state index in [1.807, 2.05) is 0 Å². The van der Waals surface area contributed by atoms with Gasteiger partial charge >= 0.3 is 0 Å². The highest BCUT2D eigenvalue weighted by molar-refractivity contribution is 5.45. The average Bonchev–Trinajstić information content (AvgIpc) is 2.83. The third-order valence-corrected chi connectivity index (χ3v) is 7.86. The Balaban J connectivity index is 1.67. The lowest BCUT2D eigenvalue weighted by Gasteiger charge is -2.50. The largest absolute Gasteiger partial charge is 0.491 e. The highest BCUT2D eigenvalue weighted by Crippen LogP contribution is 2.62. The Morgan fingerprint density at radius 2 is 1.92 bits per heavy atom. The standard InChI is InChI=1S/C23H34O/c1-14(2)24-22-13-17-7-8-19-18(20(17)12-15(22)3)10-11-23(5)16(4)6-9-21(19)23/h12-14,16,18-19,21H,6-11H2,1-5H3. The molecule has 0 aliphatic heterocycles. The molecule has 0 heterocycles. The van der Waals surface area contributed by atoms with Crippen LogP contribution in [0.15, 0.2) is 12.1 Å². The van der Waals surface area contributed by atoms with Gasteiger partial charge in [-0.2, -0.15) is 0 Å². The minimum absolute atomic E-state index is 0.258. The molecule has 4 rings (SSSR count). The summed E-state index contributed by atoms with van der Waals surface area (Å²) in [5.41, 5.74) is 5.19. The lowest BCUT2D eigenvalue weighted by Crippen LogP contribution is -2.41. The minimum atomic E-state index is 0.258. The summed E-state index contributed by atoms with van der Waals surface area (Å²) in [6.45, 7) is 11.6. The zero-order chi connectivity index (χ0) is 17.1. The first kappa shape index (κ1) is 16.5. The van der Waals surface area contributed by atoms with Crippen molar-refractivity contribution in [3.8, 4) is 5.75 Å². The molecule has 0 spiro atoms. The van der Waals surface area contributed by atoms with Crippen molar-refractivity contribution in [1.82, 2.24) is 0 Å². The first-order valence-electron chi connectivity index (χ1n) is 10.2. The molecule has 3 aliphatic carbocycles. The third-order valence-electron chi connectivity index (χ3n) is 7.86. The Morgan fingerprint density at radius 1 is 1.12 bits per heavy atom. The van der Waals surface area contributed by atoms with Crippen molar-refractivity contribution in [2.75, 3.05) is 0 Å². The number of hydrogen-bond donors (Lipinski definition) is 0. The van der Waals surface area contributed by atoms with E-state index < -0.39 is 0 Å². The number of fused-ring (bicyclic) bond motifs is 5. The fourth-order valence-corrected chi connectivity index (χ4v) is 6.36. The number of aryl methyl sites for hydroxylation is 2. The van der Waals surface area contributed by atoms with E-state index in [1.165, 1.54) is 44.1 Å². The predicted molar refractivity (Wildman–Crippen MR) is 101 cm³/mol. The van der Waals surface area contributed by atoms with E-state index in [9.17, 15) is 0 Å². The normalized spacial score (nSPS) is 37.8. The lowest BCUT2D eigenvalue weighted by molar-refractivity contribution is 0.0336. The molecule has 0 saturated heterocycles. The van der Waals surface area contributed by atoms with Gasteiger partial charge in [0, 0.05) is 0 Å². The fraction of sp³-hybridized carbons (Fsp3) is 0.739. The summed E-state index contributed by atoms with van der Waals surface area (Å²) in [7, 11) is 0. The molecule has 0 radical (unpaired) electrons. The molecule has 0 bridgehead atoms. The molecule has 5 atom stereocenters. The zero-order valence-corrected chi connectivity index (χ0v) is 16.2. The summed E-state index contributed by atoms with van der Waals surface area (Å²) < 4.78 is 6.05. The molecule has 0 amide bonds. The quantitative estimate of drug-likeness (QED) is 0.622. The number of rotatable bonds is 2. The highest BCUT2D eigenvalue weighted by atomic mass is 16.5. The Bertz CT molecular complexity index is 631. The molecular weight excluding hydrogens is 292 g/mol. The summed E-state index contributed by atoms with van der Waals surface area (Å²) in [5, 5.41) is 0. The monoisotopic (exact) mass is 326 g/mol. The van der Waals surface area contributed by atoms with Gasteiger partial charge in [0.05, 0.1) is 6.10 Å². The molecule has 1 aromatic carbocycles. The Labute approximate surface area is 148 Å². The zero-order valence-electron chi connectivity index (χ0n) is 16.2. The maximum atomic E-state index is 6.05. The van der Waals surface area contributed by atoms with Gasteiger partial charge in [-0.1, -0.05) is 19.9 Å². The van der Waals surface area contributed by atoms with Crippen LogP contribution in [0.2, 0.25) is 0 Å². The second-order valence-electron chi connectivity index (χ2n) is 9.42. The van der Waals surface area contributed by atoms with Gasteiger partial charge in [0.15, 0.2) is 0 Å². The Morgan fingerprint density at radius 3 is 2.67 bits per heavy atom. The fourth-order valence-electron chi connectivity index (χ4n) is 6.36. The van der Waals surface area contributed by atoms with Gasteiger partial charge in [0.1, 0.15) is 5.75 Å². The molecule has 0 aromatic heterocycles. The number of ether oxygens (including phenoxy) is 1. The van der Waals surface area contributed by atoms with Crippen molar-refractivity contribution < 1.29 is 4.74 Å². The lowest BCUT2D eigenvalue weighted by atomic mass is 9.54. The second kappa shape index (κ2) is 5.78. The van der Waals surface area contributed by atoms with Gasteiger partial charge in [-0.05, 0) is 111 Å². The van der Waals surface area contributed by atoms with Crippen LogP contribution in [0, 0.1) is 30.1 Å². The van der Waals surface area contributed by atoms with Crippen LogP contribution in [-0.2, 0) is 6.42 Å². The van der Waals surface area contributed by atoms with Crippen LogP contribution < -0.4 is 4.74 Å².